The molecule has 0 saturated heterocycles. The lowest BCUT2D eigenvalue weighted by Crippen LogP contribution is -2.37. The summed E-state index contributed by atoms with van der Waals surface area (Å²) >= 11 is 5.96. The summed E-state index contributed by atoms with van der Waals surface area (Å²) in [6.45, 7) is 0.320. The Morgan fingerprint density at radius 3 is 2.52 bits per heavy atom. The lowest BCUT2D eigenvalue weighted by Gasteiger charge is -2.09. The quantitative estimate of drug-likeness (QED) is 0.631. The van der Waals surface area contributed by atoms with Gasteiger partial charge in [-0.05, 0) is 24.3 Å². The summed E-state index contributed by atoms with van der Waals surface area (Å²) in [5, 5.41) is 6.15. The molecule has 27 heavy (non-hydrogen) atoms. The molecular weight excluding hydrogens is 368 g/mol. The highest BCUT2D eigenvalue weighted by atomic mass is 35.5. The second-order valence-corrected chi connectivity index (χ2v) is 6.19. The van der Waals surface area contributed by atoms with Crippen LogP contribution >= 0.6 is 11.6 Å². The summed E-state index contributed by atoms with van der Waals surface area (Å²) in [6.07, 6.45) is 1.35. The fraction of sp³-hybridized carbons (Fsp3) is 0.158. The van der Waals surface area contributed by atoms with Crippen LogP contribution in [0.2, 0.25) is 5.02 Å². The van der Waals surface area contributed by atoms with Gasteiger partial charge in [-0.1, -0.05) is 35.9 Å². The molecule has 2 N–H and O–H groups in total. The molecule has 0 saturated carbocycles. The van der Waals surface area contributed by atoms with Gasteiger partial charge in [0, 0.05) is 13.1 Å². The second-order valence-electron chi connectivity index (χ2n) is 5.78. The van der Waals surface area contributed by atoms with Crippen LogP contribution in [0.1, 0.15) is 10.4 Å². The van der Waals surface area contributed by atoms with Crippen LogP contribution in [0.4, 0.5) is 0 Å². The minimum atomic E-state index is -0.346. The monoisotopic (exact) mass is 384 g/mol. The molecule has 8 heteroatoms. The summed E-state index contributed by atoms with van der Waals surface area (Å²) in [5.41, 5.74) is 0.684. The van der Waals surface area contributed by atoms with Gasteiger partial charge in [0.05, 0.1) is 27.8 Å². The number of halogens is 1. The Kier molecular flexibility index (Phi) is 5.83. The molecule has 1 heterocycles. The van der Waals surface area contributed by atoms with Crippen molar-refractivity contribution in [3.8, 4) is 0 Å². The van der Waals surface area contributed by atoms with E-state index in [-0.39, 0.29) is 37.0 Å². The highest BCUT2D eigenvalue weighted by Crippen LogP contribution is 2.14. The summed E-state index contributed by atoms with van der Waals surface area (Å²) in [5.74, 6) is -0.661. The fourth-order valence-corrected chi connectivity index (χ4v) is 2.77. The molecule has 2 amide bonds. The van der Waals surface area contributed by atoms with Crippen molar-refractivity contribution in [1.29, 1.82) is 0 Å². The smallest absolute Gasteiger partial charge is 0.261 e. The first-order valence-corrected chi connectivity index (χ1v) is 8.67. The molecule has 0 aliphatic carbocycles. The molecule has 3 rings (SSSR count). The number of hydrogen-bond donors (Lipinski definition) is 2. The van der Waals surface area contributed by atoms with Gasteiger partial charge < -0.3 is 10.6 Å². The van der Waals surface area contributed by atoms with E-state index in [2.05, 4.69) is 15.6 Å². The zero-order valence-corrected chi connectivity index (χ0v) is 15.1. The maximum atomic E-state index is 12.3. The van der Waals surface area contributed by atoms with E-state index in [1.165, 1.54) is 10.9 Å². The maximum absolute atomic E-state index is 12.3. The van der Waals surface area contributed by atoms with Gasteiger partial charge in [0.15, 0.2) is 0 Å². The molecule has 2 aromatic carbocycles. The highest BCUT2D eigenvalue weighted by Gasteiger charge is 2.10. The lowest BCUT2D eigenvalue weighted by atomic mass is 10.2. The normalized spacial score (nSPS) is 10.6. The molecule has 0 unspecified atom stereocenters. The zero-order chi connectivity index (χ0) is 19.2. The molecule has 0 aliphatic rings. The van der Waals surface area contributed by atoms with Crippen molar-refractivity contribution in [2.24, 2.45) is 0 Å². The number of fused-ring (bicyclic) bond motifs is 1. The Labute approximate surface area is 160 Å². The highest BCUT2D eigenvalue weighted by molar-refractivity contribution is 6.33. The Hall–Kier alpha value is -3.19. The van der Waals surface area contributed by atoms with Crippen molar-refractivity contribution in [2.75, 3.05) is 13.1 Å². The third kappa shape index (κ3) is 4.51. The number of nitrogens with one attached hydrogen (secondary N) is 2. The average molecular weight is 385 g/mol. The predicted molar refractivity (Wildman–Crippen MR) is 103 cm³/mol. The third-order valence-corrected chi connectivity index (χ3v) is 4.23. The van der Waals surface area contributed by atoms with Crippen LogP contribution in [0.5, 0.6) is 0 Å². The number of hydrogen-bond acceptors (Lipinski definition) is 4. The second kappa shape index (κ2) is 8.46. The Bertz CT molecular complexity index is 1050. The molecule has 0 spiro atoms. The molecule has 138 valence electrons. The van der Waals surface area contributed by atoms with Crippen molar-refractivity contribution in [2.45, 2.75) is 6.54 Å². The summed E-state index contributed by atoms with van der Waals surface area (Å²) in [4.78, 5) is 40.6. The van der Waals surface area contributed by atoms with E-state index in [1.54, 1.807) is 48.5 Å². The zero-order valence-electron chi connectivity index (χ0n) is 14.3. The topological polar surface area (TPSA) is 93.1 Å². The van der Waals surface area contributed by atoms with Crippen LogP contribution in [0.25, 0.3) is 10.9 Å². The third-order valence-electron chi connectivity index (χ3n) is 3.90. The van der Waals surface area contributed by atoms with Gasteiger partial charge in [-0.2, -0.15) is 0 Å². The standard InChI is InChI=1S/C19H17ClN4O3/c20-15-7-3-1-5-13(15)18(26)22-10-9-21-17(25)11-24-12-23-16-8-4-2-6-14(16)19(24)27/h1-8,12H,9-11H2,(H,21,25)(H,22,26). The van der Waals surface area contributed by atoms with Crippen LogP contribution in [0, 0.1) is 0 Å². The molecular formula is C19H17ClN4O3. The van der Waals surface area contributed by atoms with Crippen molar-refractivity contribution in [1.82, 2.24) is 20.2 Å². The van der Waals surface area contributed by atoms with E-state index in [0.717, 1.165) is 0 Å². The van der Waals surface area contributed by atoms with Gasteiger partial charge in [-0.25, -0.2) is 4.98 Å². The fourth-order valence-electron chi connectivity index (χ4n) is 2.55. The van der Waals surface area contributed by atoms with E-state index in [0.29, 0.717) is 21.5 Å². The molecule has 0 aliphatic heterocycles. The van der Waals surface area contributed by atoms with Gasteiger partial charge in [0.1, 0.15) is 6.54 Å². The lowest BCUT2D eigenvalue weighted by molar-refractivity contribution is -0.121. The number of benzene rings is 2. The number of amides is 2. The molecule has 0 bridgehead atoms. The number of carbonyl (C=O) groups is 2. The predicted octanol–water partition coefficient (Wildman–Crippen LogP) is 1.60. The molecule has 0 atom stereocenters. The number of carbonyl (C=O) groups excluding carboxylic acids is 2. The van der Waals surface area contributed by atoms with E-state index in [9.17, 15) is 14.4 Å². The molecule has 0 radical (unpaired) electrons. The Balaban J connectivity index is 1.50. The summed E-state index contributed by atoms with van der Waals surface area (Å²) in [6, 6.07) is 13.7. The van der Waals surface area contributed by atoms with Crippen LogP contribution in [0.15, 0.2) is 59.7 Å². The van der Waals surface area contributed by atoms with E-state index in [1.807, 2.05) is 0 Å². The summed E-state index contributed by atoms with van der Waals surface area (Å²) < 4.78 is 1.25. The van der Waals surface area contributed by atoms with Crippen LogP contribution < -0.4 is 16.2 Å². The average Bonchev–Trinajstić information content (AvgIpc) is 2.68. The van der Waals surface area contributed by atoms with Crippen molar-refractivity contribution >= 4 is 34.3 Å². The van der Waals surface area contributed by atoms with Crippen LogP contribution in [-0.2, 0) is 11.3 Å². The first-order chi connectivity index (χ1) is 13.1. The van der Waals surface area contributed by atoms with Crippen LogP contribution in [-0.4, -0.2) is 34.5 Å². The first kappa shape index (κ1) is 18.6. The van der Waals surface area contributed by atoms with Gasteiger partial charge in [0.25, 0.3) is 11.5 Å². The SMILES string of the molecule is O=C(Cn1cnc2ccccc2c1=O)NCCNC(=O)c1ccccc1Cl. The van der Waals surface area contributed by atoms with E-state index in [4.69, 9.17) is 11.6 Å². The van der Waals surface area contributed by atoms with E-state index < -0.39 is 0 Å². The molecule has 3 aromatic rings. The molecule has 1 aromatic heterocycles. The number of para-hydroxylation sites is 1. The van der Waals surface area contributed by atoms with Crippen molar-refractivity contribution in [3.05, 3.63) is 75.8 Å². The Morgan fingerprint density at radius 1 is 1.00 bits per heavy atom. The van der Waals surface area contributed by atoms with Gasteiger partial charge in [-0.3, -0.25) is 19.0 Å². The first-order valence-electron chi connectivity index (χ1n) is 8.30. The van der Waals surface area contributed by atoms with E-state index >= 15 is 0 Å². The van der Waals surface area contributed by atoms with Crippen molar-refractivity contribution < 1.29 is 9.59 Å². The number of rotatable bonds is 6. The number of aromatic nitrogens is 2. The van der Waals surface area contributed by atoms with Gasteiger partial charge in [-0.15, -0.1) is 0 Å². The minimum absolute atomic E-state index is 0.144. The Morgan fingerprint density at radius 2 is 1.70 bits per heavy atom. The van der Waals surface area contributed by atoms with Gasteiger partial charge >= 0.3 is 0 Å². The number of nitrogens with zero attached hydrogens (tertiary/aromatic N) is 2. The van der Waals surface area contributed by atoms with Crippen molar-refractivity contribution in [3.63, 3.8) is 0 Å². The molecule has 7 nitrogen and oxygen atoms in total. The van der Waals surface area contributed by atoms with Gasteiger partial charge in [0.2, 0.25) is 5.91 Å². The largest absolute Gasteiger partial charge is 0.353 e. The molecule has 0 fully saturated rings. The minimum Gasteiger partial charge on any atom is -0.353 e. The van der Waals surface area contributed by atoms with Crippen LogP contribution in [0.3, 0.4) is 0 Å². The maximum Gasteiger partial charge on any atom is 0.261 e. The summed E-state index contributed by atoms with van der Waals surface area (Å²) in [7, 11) is 0.